The van der Waals surface area contributed by atoms with Gasteiger partial charge in [0.2, 0.25) is 0 Å². The van der Waals surface area contributed by atoms with Crippen molar-refractivity contribution in [3.05, 3.63) is 88.1 Å². The van der Waals surface area contributed by atoms with Crippen LogP contribution in [0.1, 0.15) is 0 Å². The molecule has 0 saturated heterocycles. The molecule has 3 aromatic carbocycles. The first-order chi connectivity index (χ1) is 13.1. The molecule has 7 heteroatoms. The Kier molecular flexibility index (Phi) is 5.49. The minimum absolute atomic E-state index is 0. The molecule has 0 atom stereocenters. The lowest BCUT2D eigenvalue weighted by molar-refractivity contribution is -0.384. The lowest BCUT2D eigenvalue weighted by atomic mass is 9.94. The Balaban J connectivity index is 0.00000225. The van der Waals surface area contributed by atoms with E-state index in [0.29, 0.717) is 16.5 Å². The van der Waals surface area contributed by atoms with Crippen molar-refractivity contribution in [2.24, 2.45) is 0 Å². The van der Waals surface area contributed by atoms with E-state index in [4.69, 9.17) is 11.6 Å². The van der Waals surface area contributed by atoms with Gasteiger partial charge in [0.1, 0.15) is 5.75 Å². The smallest absolute Gasteiger partial charge is 0.281 e. The van der Waals surface area contributed by atoms with Crippen LogP contribution in [-0.4, -0.2) is 15.0 Å². The highest BCUT2D eigenvalue weighted by Gasteiger charge is 2.25. The van der Waals surface area contributed by atoms with Crippen molar-refractivity contribution in [3.8, 4) is 28.0 Å². The summed E-state index contributed by atoms with van der Waals surface area (Å²) in [6.07, 6.45) is 1.59. The zero-order chi connectivity index (χ0) is 19.0. The summed E-state index contributed by atoms with van der Waals surface area (Å²) in [6.45, 7) is 0. The van der Waals surface area contributed by atoms with Crippen LogP contribution in [0.15, 0.2) is 72.9 Å². The quantitative estimate of drug-likeness (QED) is 0.318. The van der Waals surface area contributed by atoms with Gasteiger partial charge in [0.25, 0.3) is 5.69 Å². The van der Waals surface area contributed by atoms with Gasteiger partial charge in [-0.25, -0.2) is 0 Å². The number of hydrogen-bond acceptors (Lipinski definition) is 4. The Morgan fingerprint density at radius 1 is 0.964 bits per heavy atom. The van der Waals surface area contributed by atoms with Gasteiger partial charge >= 0.3 is 0 Å². The number of aromatic hydroxyl groups is 1. The van der Waals surface area contributed by atoms with Crippen molar-refractivity contribution in [1.29, 1.82) is 0 Å². The van der Waals surface area contributed by atoms with Crippen molar-refractivity contribution < 1.29 is 10.0 Å². The molecule has 1 N–H and O–H groups in total. The summed E-state index contributed by atoms with van der Waals surface area (Å²) >= 11 is 6.45. The van der Waals surface area contributed by atoms with Gasteiger partial charge in [0.15, 0.2) is 0 Å². The molecule has 0 saturated carbocycles. The van der Waals surface area contributed by atoms with E-state index >= 15 is 0 Å². The number of nitro groups is 1. The van der Waals surface area contributed by atoms with Gasteiger partial charge in [-0.1, -0.05) is 60.1 Å². The van der Waals surface area contributed by atoms with E-state index in [0.717, 1.165) is 11.1 Å². The minimum atomic E-state index is -0.510. The fourth-order valence-corrected chi connectivity index (χ4v) is 3.53. The summed E-state index contributed by atoms with van der Waals surface area (Å²) < 4.78 is 0. The van der Waals surface area contributed by atoms with Crippen LogP contribution in [0.3, 0.4) is 0 Å². The molecule has 1 heterocycles. The van der Waals surface area contributed by atoms with Crippen molar-refractivity contribution in [1.82, 2.24) is 4.98 Å². The van der Waals surface area contributed by atoms with E-state index in [9.17, 15) is 15.2 Å². The zero-order valence-electron chi connectivity index (χ0n) is 14.4. The van der Waals surface area contributed by atoms with Crippen molar-refractivity contribution >= 4 is 40.6 Å². The van der Waals surface area contributed by atoms with Crippen LogP contribution in [0.5, 0.6) is 5.75 Å². The first-order valence-electron chi connectivity index (χ1n) is 8.17. The summed E-state index contributed by atoms with van der Waals surface area (Å²) in [5, 5.41) is 22.8. The van der Waals surface area contributed by atoms with Gasteiger partial charge in [-0.3, -0.25) is 15.1 Å². The molecule has 0 radical (unpaired) electrons. The molecular weight excluding hydrogens is 399 g/mol. The van der Waals surface area contributed by atoms with Gasteiger partial charge < -0.3 is 5.11 Å². The number of hydrogen-bond donors (Lipinski definition) is 1. The number of halogens is 2. The van der Waals surface area contributed by atoms with Crippen LogP contribution in [0.2, 0.25) is 5.02 Å². The molecule has 0 fully saturated rings. The third-order valence-electron chi connectivity index (χ3n) is 4.40. The van der Waals surface area contributed by atoms with Crippen LogP contribution in [0.25, 0.3) is 33.2 Å². The topological polar surface area (TPSA) is 76.3 Å². The van der Waals surface area contributed by atoms with Gasteiger partial charge in [0, 0.05) is 23.2 Å². The highest BCUT2D eigenvalue weighted by Crippen LogP contribution is 2.45. The van der Waals surface area contributed by atoms with E-state index in [1.54, 1.807) is 24.4 Å². The lowest BCUT2D eigenvalue weighted by Gasteiger charge is -2.13. The molecule has 4 aromatic rings. The van der Waals surface area contributed by atoms with Crippen LogP contribution in [0, 0.1) is 10.1 Å². The number of pyridine rings is 1. The number of phenols is 1. The molecule has 28 heavy (non-hydrogen) atoms. The summed E-state index contributed by atoms with van der Waals surface area (Å²) in [5.41, 5.74) is 2.49. The Morgan fingerprint density at radius 2 is 1.64 bits per heavy atom. The standard InChI is InChI=1S/C21H13ClN2O3.ClH/c22-16-12-17(24(26)27)20(15-8-4-5-9-18(15)25)21-19(16)14(10-11-23-21)13-6-2-1-3-7-13;/h1-12,25H;1H. The predicted octanol–water partition coefficient (Wildman–Crippen LogP) is 6.26. The average molecular weight is 413 g/mol. The van der Waals surface area contributed by atoms with Gasteiger partial charge in [-0.2, -0.15) is 0 Å². The number of phenolic OH excluding ortho intramolecular Hbond substituents is 1. The Morgan fingerprint density at radius 3 is 2.32 bits per heavy atom. The monoisotopic (exact) mass is 412 g/mol. The van der Waals surface area contributed by atoms with E-state index < -0.39 is 4.92 Å². The third-order valence-corrected chi connectivity index (χ3v) is 4.70. The lowest BCUT2D eigenvalue weighted by Crippen LogP contribution is -1.97. The highest BCUT2D eigenvalue weighted by molar-refractivity contribution is 6.37. The molecule has 0 bridgehead atoms. The molecule has 0 amide bonds. The number of benzene rings is 3. The minimum Gasteiger partial charge on any atom is -0.507 e. The van der Waals surface area contributed by atoms with Crippen LogP contribution >= 0.6 is 24.0 Å². The second kappa shape index (κ2) is 7.84. The summed E-state index contributed by atoms with van der Waals surface area (Å²) in [5.74, 6) is -0.0591. The first kappa shape index (κ1) is 19.6. The number of para-hydroxylation sites is 1. The van der Waals surface area contributed by atoms with E-state index in [-0.39, 0.29) is 34.4 Å². The van der Waals surface area contributed by atoms with Crippen LogP contribution in [0.4, 0.5) is 5.69 Å². The fraction of sp³-hybridized carbons (Fsp3) is 0. The van der Waals surface area contributed by atoms with E-state index in [1.807, 2.05) is 36.4 Å². The van der Waals surface area contributed by atoms with Crippen molar-refractivity contribution in [3.63, 3.8) is 0 Å². The first-order valence-corrected chi connectivity index (χ1v) is 8.55. The van der Waals surface area contributed by atoms with Gasteiger partial charge in [0.05, 0.1) is 21.0 Å². The second-order valence-corrected chi connectivity index (χ2v) is 6.38. The van der Waals surface area contributed by atoms with Crippen molar-refractivity contribution in [2.75, 3.05) is 0 Å². The number of aromatic nitrogens is 1. The summed E-state index contributed by atoms with van der Waals surface area (Å²) in [7, 11) is 0. The molecule has 0 aliphatic rings. The van der Waals surface area contributed by atoms with Crippen molar-refractivity contribution in [2.45, 2.75) is 0 Å². The second-order valence-electron chi connectivity index (χ2n) is 5.97. The maximum atomic E-state index is 11.7. The highest BCUT2D eigenvalue weighted by atomic mass is 35.5. The normalized spacial score (nSPS) is 10.5. The van der Waals surface area contributed by atoms with E-state index in [2.05, 4.69) is 4.98 Å². The van der Waals surface area contributed by atoms with E-state index in [1.165, 1.54) is 12.1 Å². The number of fused-ring (bicyclic) bond motifs is 1. The van der Waals surface area contributed by atoms with Gasteiger partial charge in [-0.05, 0) is 23.3 Å². The fourth-order valence-electron chi connectivity index (χ4n) is 3.23. The molecule has 0 aliphatic heterocycles. The number of nitro benzene ring substituents is 1. The third kappa shape index (κ3) is 3.26. The molecule has 140 valence electrons. The zero-order valence-corrected chi connectivity index (χ0v) is 15.9. The predicted molar refractivity (Wildman–Crippen MR) is 113 cm³/mol. The SMILES string of the molecule is Cl.O=[N+]([O-])c1cc(Cl)c2c(-c3ccccc3)ccnc2c1-c1ccccc1O. The molecule has 1 aromatic heterocycles. The molecule has 5 nitrogen and oxygen atoms in total. The maximum absolute atomic E-state index is 11.7. The average Bonchev–Trinajstić information content (AvgIpc) is 2.69. The molecule has 0 unspecified atom stereocenters. The molecular formula is C21H14Cl2N2O3. The number of nitrogens with zero attached hydrogens (tertiary/aromatic N) is 2. The molecule has 4 rings (SSSR count). The Hall–Kier alpha value is -3.15. The van der Waals surface area contributed by atoms with Gasteiger partial charge in [-0.15, -0.1) is 12.4 Å². The van der Waals surface area contributed by atoms with Crippen LogP contribution < -0.4 is 0 Å². The molecule has 0 spiro atoms. The largest absolute Gasteiger partial charge is 0.507 e. The summed E-state index contributed by atoms with van der Waals surface area (Å²) in [6, 6.07) is 19.2. The number of rotatable bonds is 3. The summed E-state index contributed by atoms with van der Waals surface area (Å²) in [4.78, 5) is 15.6. The molecule has 0 aliphatic carbocycles. The maximum Gasteiger partial charge on any atom is 0.281 e. The van der Waals surface area contributed by atoms with Crippen LogP contribution in [-0.2, 0) is 0 Å². The Bertz CT molecular complexity index is 1180. The Labute approximate surface area is 171 Å².